The summed E-state index contributed by atoms with van der Waals surface area (Å²) in [6.45, 7) is 4.33. The molecule has 1 aliphatic carbocycles. The SMILES string of the molecule is CCCCCC(CCCCC)[C@H]1CC#C[C@H](c2ccccc2)c2cc(O)c(OC)cc2CCC(=O)[C@@H](O)C1=O. The van der Waals surface area contributed by atoms with Crippen molar-refractivity contribution in [1.82, 2.24) is 0 Å². The number of aliphatic hydroxyl groups is 1. The summed E-state index contributed by atoms with van der Waals surface area (Å²) in [6, 6.07) is 13.3. The lowest BCUT2D eigenvalue weighted by molar-refractivity contribution is -0.142. The number of phenolic OH excluding ortho intramolecular Hbond substituents is 1. The molecule has 2 aromatic carbocycles. The number of methoxy groups -OCH3 is 1. The lowest BCUT2D eigenvalue weighted by Crippen LogP contribution is -2.38. The molecule has 2 N–H and O–H groups in total. The van der Waals surface area contributed by atoms with Crippen molar-refractivity contribution in [3.8, 4) is 23.3 Å². The van der Waals surface area contributed by atoms with Gasteiger partial charge >= 0.3 is 0 Å². The zero-order valence-corrected chi connectivity index (χ0v) is 23.7. The van der Waals surface area contributed by atoms with E-state index in [1.54, 1.807) is 12.1 Å². The molecule has 0 radical (unpaired) electrons. The molecule has 0 fully saturated rings. The van der Waals surface area contributed by atoms with Crippen molar-refractivity contribution in [1.29, 1.82) is 0 Å². The van der Waals surface area contributed by atoms with Crippen LogP contribution < -0.4 is 4.74 Å². The average molecular weight is 533 g/mol. The van der Waals surface area contributed by atoms with Gasteiger partial charge in [-0.15, -0.1) is 5.92 Å². The molecule has 0 amide bonds. The van der Waals surface area contributed by atoms with Gasteiger partial charge in [-0.25, -0.2) is 0 Å². The lowest BCUT2D eigenvalue weighted by Gasteiger charge is -2.27. The van der Waals surface area contributed by atoms with E-state index >= 15 is 0 Å². The number of benzene rings is 2. The minimum atomic E-state index is -1.64. The van der Waals surface area contributed by atoms with Gasteiger partial charge in [-0.05, 0) is 54.0 Å². The normalized spacial score (nSPS) is 20.0. The van der Waals surface area contributed by atoms with Gasteiger partial charge in [0.05, 0.1) is 13.0 Å². The number of phenols is 1. The third-order valence-corrected chi connectivity index (χ3v) is 7.96. The molecule has 2 aromatic rings. The molecule has 0 aliphatic heterocycles. The van der Waals surface area contributed by atoms with Gasteiger partial charge in [-0.3, -0.25) is 9.59 Å². The highest BCUT2D eigenvalue weighted by molar-refractivity contribution is 6.06. The Hall–Kier alpha value is -3.10. The Morgan fingerprint density at radius 3 is 2.26 bits per heavy atom. The highest BCUT2D eigenvalue weighted by Gasteiger charge is 2.35. The molecule has 210 valence electrons. The fourth-order valence-corrected chi connectivity index (χ4v) is 5.65. The second-order valence-electron chi connectivity index (χ2n) is 10.7. The Kier molecular flexibility index (Phi) is 12.1. The highest BCUT2D eigenvalue weighted by Crippen LogP contribution is 2.37. The van der Waals surface area contributed by atoms with Gasteiger partial charge in [0.2, 0.25) is 0 Å². The first-order chi connectivity index (χ1) is 18.9. The van der Waals surface area contributed by atoms with E-state index in [9.17, 15) is 19.8 Å². The van der Waals surface area contributed by atoms with Crippen molar-refractivity contribution in [2.45, 2.75) is 96.5 Å². The number of hydrogen-bond acceptors (Lipinski definition) is 5. The third-order valence-electron chi connectivity index (χ3n) is 7.96. The number of hydrogen-bond donors (Lipinski definition) is 2. The maximum atomic E-state index is 13.6. The Morgan fingerprint density at radius 1 is 0.974 bits per heavy atom. The molecule has 0 spiro atoms. The number of ketones is 2. The summed E-state index contributed by atoms with van der Waals surface area (Å²) in [4.78, 5) is 26.8. The number of ether oxygens (including phenoxy) is 1. The Labute approximate surface area is 234 Å². The molecular formula is C34H44O5. The van der Waals surface area contributed by atoms with E-state index in [1.807, 2.05) is 30.3 Å². The second kappa shape index (κ2) is 15.5. The first-order valence-electron chi connectivity index (χ1n) is 14.6. The number of Topliss-reactive ketones (excluding diaryl/α,β-unsaturated/α-hetero) is 2. The summed E-state index contributed by atoms with van der Waals surface area (Å²) in [5.41, 5.74) is 2.58. The summed E-state index contributed by atoms with van der Waals surface area (Å²) >= 11 is 0. The molecule has 0 heterocycles. The maximum Gasteiger partial charge on any atom is 0.173 e. The number of carbonyl (C=O) groups is 2. The fraction of sp³-hybridized carbons (Fsp3) is 0.529. The van der Waals surface area contributed by atoms with E-state index in [1.165, 1.54) is 7.11 Å². The number of fused-ring (bicyclic) bond motifs is 1. The third kappa shape index (κ3) is 8.19. The van der Waals surface area contributed by atoms with Crippen molar-refractivity contribution in [2.75, 3.05) is 7.11 Å². The molecule has 39 heavy (non-hydrogen) atoms. The Balaban J connectivity index is 2.09. The molecule has 5 nitrogen and oxygen atoms in total. The van der Waals surface area contributed by atoms with Crippen LogP contribution in [0.3, 0.4) is 0 Å². The van der Waals surface area contributed by atoms with Crippen LogP contribution in [-0.2, 0) is 16.0 Å². The predicted octanol–water partition coefficient (Wildman–Crippen LogP) is 6.76. The van der Waals surface area contributed by atoms with Gasteiger partial charge in [-0.2, -0.15) is 0 Å². The number of aryl methyl sites for hydroxylation is 1. The average Bonchev–Trinajstić information content (AvgIpc) is 2.95. The Morgan fingerprint density at radius 2 is 1.64 bits per heavy atom. The first kappa shape index (κ1) is 30.4. The summed E-state index contributed by atoms with van der Waals surface area (Å²) in [5, 5.41) is 21.5. The monoisotopic (exact) mass is 532 g/mol. The predicted molar refractivity (Wildman–Crippen MR) is 155 cm³/mol. The van der Waals surface area contributed by atoms with Crippen LogP contribution >= 0.6 is 0 Å². The van der Waals surface area contributed by atoms with Crippen LogP contribution in [-0.4, -0.2) is 35.0 Å². The molecular weight excluding hydrogens is 488 g/mol. The minimum absolute atomic E-state index is 0.0115. The van der Waals surface area contributed by atoms with Gasteiger partial charge < -0.3 is 14.9 Å². The number of aromatic hydroxyl groups is 1. The topological polar surface area (TPSA) is 83.8 Å². The standard InChI is InChI=1S/C34H44O5/c1-4-6-9-14-25(15-10-7-5-2)28-19-13-18-27(24-16-11-8-12-17-24)29-23-31(36)32(39-3)22-26(29)20-21-30(35)34(38)33(28)37/h8,11-12,16-17,22-23,25,27-28,34,36,38H,4-7,9-10,14-15,19-21H2,1-3H3/t27-,28-,34-/m1/s1. The van der Waals surface area contributed by atoms with Crippen LogP contribution in [0.25, 0.3) is 0 Å². The first-order valence-corrected chi connectivity index (χ1v) is 14.6. The smallest absolute Gasteiger partial charge is 0.173 e. The van der Waals surface area contributed by atoms with E-state index in [-0.39, 0.29) is 29.8 Å². The maximum absolute atomic E-state index is 13.6. The van der Waals surface area contributed by atoms with Crippen molar-refractivity contribution in [2.24, 2.45) is 11.8 Å². The summed E-state index contributed by atoms with van der Waals surface area (Å²) < 4.78 is 5.34. The largest absolute Gasteiger partial charge is 0.504 e. The van der Waals surface area contributed by atoms with E-state index in [0.29, 0.717) is 18.6 Å². The number of rotatable bonds is 11. The zero-order valence-electron chi connectivity index (χ0n) is 23.7. The van der Waals surface area contributed by atoms with Gasteiger partial charge in [0.25, 0.3) is 0 Å². The molecule has 3 atom stereocenters. The van der Waals surface area contributed by atoms with Gasteiger partial charge in [0.1, 0.15) is 0 Å². The van der Waals surface area contributed by atoms with Crippen LogP contribution in [0.1, 0.15) is 101 Å². The minimum Gasteiger partial charge on any atom is -0.504 e. The van der Waals surface area contributed by atoms with E-state index in [0.717, 1.165) is 68.1 Å². The second-order valence-corrected chi connectivity index (χ2v) is 10.7. The summed E-state index contributed by atoms with van der Waals surface area (Å²) in [6.07, 6.45) is 7.21. The van der Waals surface area contributed by atoms with Gasteiger partial charge in [-0.1, -0.05) is 88.6 Å². The number of carbonyl (C=O) groups excluding carboxylic acids is 2. The van der Waals surface area contributed by atoms with Crippen LogP contribution in [0.2, 0.25) is 0 Å². The number of aliphatic hydroxyl groups excluding tert-OH is 1. The Bertz CT molecular complexity index is 1130. The highest BCUT2D eigenvalue weighted by atomic mass is 16.5. The summed E-state index contributed by atoms with van der Waals surface area (Å²) in [7, 11) is 1.48. The van der Waals surface area contributed by atoms with Crippen LogP contribution in [0.5, 0.6) is 11.5 Å². The van der Waals surface area contributed by atoms with Crippen molar-refractivity contribution in [3.63, 3.8) is 0 Å². The molecule has 0 saturated heterocycles. The molecule has 0 bridgehead atoms. The van der Waals surface area contributed by atoms with Crippen LogP contribution in [0.4, 0.5) is 0 Å². The molecule has 0 unspecified atom stereocenters. The van der Waals surface area contributed by atoms with Crippen molar-refractivity contribution < 1.29 is 24.5 Å². The lowest BCUT2D eigenvalue weighted by atomic mass is 9.77. The molecule has 5 heteroatoms. The van der Waals surface area contributed by atoms with Gasteiger partial charge in [0, 0.05) is 18.8 Å². The van der Waals surface area contributed by atoms with E-state index in [2.05, 4.69) is 25.7 Å². The fourth-order valence-electron chi connectivity index (χ4n) is 5.65. The van der Waals surface area contributed by atoms with Crippen LogP contribution in [0.15, 0.2) is 42.5 Å². The molecule has 1 aliphatic rings. The van der Waals surface area contributed by atoms with Crippen LogP contribution in [0, 0.1) is 23.7 Å². The summed E-state index contributed by atoms with van der Waals surface area (Å²) in [5.74, 6) is 5.48. The molecule has 0 saturated carbocycles. The molecule has 3 rings (SSSR count). The van der Waals surface area contributed by atoms with Crippen molar-refractivity contribution >= 4 is 11.6 Å². The van der Waals surface area contributed by atoms with Gasteiger partial charge in [0.15, 0.2) is 29.2 Å². The van der Waals surface area contributed by atoms with E-state index < -0.39 is 17.8 Å². The van der Waals surface area contributed by atoms with E-state index in [4.69, 9.17) is 4.74 Å². The number of unbranched alkanes of at least 4 members (excludes halogenated alkanes) is 4. The van der Waals surface area contributed by atoms with Crippen molar-refractivity contribution in [3.05, 3.63) is 59.2 Å². The quantitative estimate of drug-likeness (QED) is 0.190. The molecule has 0 aromatic heterocycles. The zero-order chi connectivity index (χ0) is 28.2.